The Labute approximate surface area is 122 Å². The van der Waals surface area contributed by atoms with E-state index in [9.17, 15) is 4.79 Å². The molecule has 0 amide bonds. The van der Waals surface area contributed by atoms with E-state index in [-0.39, 0.29) is 12.3 Å². The van der Waals surface area contributed by atoms with Gasteiger partial charge in [0.2, 0.25) is 5.69 Å². The third-order valence-corrected chi connectivity index (χ3v) is 3.61. The van der Waals surface area contributed by atoms with Crippen LogP contribution in [0.15, 0.2) is 4.52 Å². The second kappa shape index (κ2) is 5.67. The fourth-order valence-electron chi connectivity index (χ4n) is 2.67. The quantitative estimate of drug-likeness (QED) is 0.865. The maximum atomic E-state index is 12.0. The van der Waals surface area contributed by atoms with Gasteiger partial charge in [0.25, 0.3) is 5.71 Å². The highest BCUT2D eigenvalue weighted by Crippen LogP contribution is 2.28. The minimum absolute atomic E-state index is 0.132. The van der Waals surface area contributed by atoms with E-state index in [2.05, 4.69) is 20.4 Å². The molecule has 0 aromatic carbocycles. The number of carbonyl (C=O) groups is 1. The van der Waals surface area contributed by atoms with E-state index in [0.29, 0.717) is 28.8 Å². The van der Waals surface area contributed by atoms with Crippen LogP contribution in [0.1, 0.15) is 48.9 Å². The summed E-state index contributed by atoms with van der Waals surface area (Å²) in [4.78, 5) is 20.6. The summed E-state index contributed by atoms with van der Waals surface area (Å²) in [5.74, 6) is 0.668. The number of ether oxygens (including phenoxy) is 1. The first-order chi connectivity index (χ1) is 10.2. The predicted molar refractivity (Wildman–Crippen MR) is 76.2 cm³/mol. The molecule has 7 nitrogen and oxygen atoms in total. The lowest BCUT2D eigenvalue weighted by molar-refractivity contribution is 0.0517. The van der Waals surface area contributed by atoms with Gasteiger partial charge in [-0.05, 0) is 26.7 Å². The largest absolute Gasteiger partial charge is 0.461 e. The van der Waals surface area contributed by atoms with E-state index in [1.807, 2.05) is 0 Å². The zero-order valence-corrected chi connectivity index (χ0v) is 12.2. The molecule has 1 N–H and O–H groups in total. The number of hydrogen-bond acceptors (Lipinski definition) is 7. The topological polar surface area (TPSA) is 90.1 Å². The summed E-state index contributed by atoms with van der Waals surface area (Å²) < 4.78 is 10.2. The van der Waals surface area contributed by atoms with Crippen LogP contribution in [0.2, 0.25) is 0 Å². The van der Waals surface area contributed by atoms with Gasteiger partial charge in [-0.1, -0.05) is 18.0 Å². The van der Waals surface area contributed by atoms with Gasteiger partial charge >= 0.3 is 5.97 Å². The van der Waals surface area contributed by atoms with Gasteiger partial charge in [-0.2, -0.15) is 4.98 Å². The third-order valence-electron chi connectivity index (χ3n) is 3.61. The number of rotatable bonds is 4. The highest BCUT2D eigenvalue weighted by Gasteiger charge is 2.25. The molecule has 1 saturated carbocycles. The van der Waals surface area contributed by atoms with Crippen molar-refractivity contribution in [3.05, 3.63) is 11.5 Å². The Morgan fingerprint density at radius 1 is 1.38 bits per heavy atom. The van der Waals surface area contributed by atoms with Crippen LogP contribution in [-0.4, -0.2) is 33.7 Å². The molecule has 2 aromatic rings. The normalized spacial score (nSPS) is 15.5. The minimum atomic E-state index is -0.516. The molecule has 0 atom stereocenters. The van der Waals surface area contributed by atoms with Crippen LogP contribution in [0.5, 0.6) is 0 Å². The summed E-state index contributed by atoms with van der Waals surface area (Å²) in [7, 11) is 0. The van der Waals surface area contributed by atoms with Gasteiger partial charge in [0.1, 0.15) is 17.0 Å². The molecule has 0 radical (unpaired) electrons. The van der Waals surface area contributed by atoms with Crippen molar-refractivity contribution in [3.63, 3.8) is 0 Å². The van der Waals surface area contributed by atoms with Crippen molar-refractivity contribution < 1.29 is 14.1 Å². The van der Waals surface area contributed by atoms with Crippen molar-refractivity contribution in [2.24, 2.45) is 0 Å². The zero-order chi connectivity index (χ0) is 14.8. The summed E-state index contributed by atoms with van der Waals surface area (Å²) in [6.07, 6.45) is 4.62. The van der Waals surface area contributed by atoms with E-state index < -0.39 is 5.97 Å². The molecule has 21 heavy (non-hydrogen) atoms. The Bertz CT molecular complexity index is 662. The maximum absolute atomic E-state index is 12.0. The van der Waals surface area contributed by atoms with Crippen molar-refractivity contribution in [2.45, 2.75) is 45.6 Å². The Kier molecular flexibility index (Phi) is 3.72. The average molecular weight is 290 g/mol. The Morgan fingerprint density at radius 2 is 2.14 bits per heavy atom. The number of esters is 1. The van der Waals surface area contributed by atoms with E-state index in [0.717, 1.165) is 12.8 Å². The van der Waals surface area contributed by atoms with Crippen molar-refractivity contribution >= 4 is 22.9 Å². The molecule has 3 rings (SSSR count). The van der Waals surface area contributed by atoms with Crippen LogP contribution in [0.25, 0.3) is 11.1 Å². The van der Waals surface area contributed by atoms with Crippen molar-refractivity contribution in [2.75, 3.05) is 11.9 Å². The van der Waals surface area contributed by atoms with Gasteiger partial charge < -0.3 is 14.6 Å². The first-order valence-corrected chi connectivity index (χ1v) is 7.26. The number of aromatic nitrogens is 3. The Morgan fingerprint density at radius 3 is 2.86 bits per heavy atom. The first-order valence-electron chi connectivity index (χ1n) is 7.26. The standard InChI is InChI=1S/C14H18N4O3/c1-3-20-14(19)11-10-12(17-9-6-4-5-7-9)15-8(2)16-13(10)21-18-11/h9H,3-7H2,1-2H3,(H,15,16,17). The molecular formula is C14H18N4O3. The van der Waals surface area contributed by atoms with Gasteiger partial charge in [0.15, 0.2) is 0 Å². The third kappa shape index (κ3) is 2.68. The predicted octanol–water partition coefficient (Wildman–Crippen LogP) is 2.46. The van der Waals surface area contributed by atoms with Crippen LogP contribution >= 0.6 is 0 Å². The summed E-state index contributed by atoms with van der Waals surface area (Å²) in [6, 6.07) is 0.368. The molecule has 7 heteroatoms. The number of carbonyl (C=O) groups excluding carboxylic acids is 1. The highest BCUT2D eigenvalue weighted by molar-refractivity contribution is 6.04. The molecule has 112 valence electrons. The van der Waals surface area contributed by atoms with E-state index >= 15 is 0 Å². The van der Waals surface area contributed by atoms with Crippen LogP contribution in [0.4, 0.5) is 5.82 Å². The van der Waals surface area contributed by atoms with Gasteiger partial charge in [0, 0.05) is 6.04 Å². The van der Waals surface area contributed by atoms with Crippen molar-refractivity contribution in [1.29, 1.82) is 0 Å². The van der Waals surface area contributed by atoms with Gasteiger partial charge in [-0.3, -0.25) is 0 Å². The van der Waals surface area contributed by atoms with Crippen molar-refractivity contribution in [1.82, 2.24) is 15.1 Å². The number of hydrogen-bond donors (Lipinski definition) is 1. The van der Waals surface area contributed by atoms with E-state index in [4.69, 9.17) is 9.26 Å². The van der Waals surface area contributed by atoms with Crippen LogP contribution < -0.4 is 5.32 Å². The van der Waals surface area contributed by atoms with Gasteiger partial charge in [-0.25, -0.2) is 9.78 Å². The first kappa shape index (κ1) is 13.8. The maximum Gasteiger partial charge on any atom is 0.361 e. The number of fused-ring (bicyclic) bond motifs is 1. The summed E-state index contributed by atoms with van der Waals surface area (Å²) >= 11 is 0. The van der Waals surface area contributed by atoms with E-state index in [1.165, 1.54) is 12.8 Å². The fraction of sp³-hybridized carbons (Fsp3) is 0.571. The Hall–Kier alpha value is -2.18. The molecule has 2 heterocycles. The second-order valence-electron chi connectivity index (χ2n) is 5.18. The molecular weight excluding hydrogens is 272 g/mol. The monoisotopic (exact) mass is 290 g/mol. The molecule has 0 unspecified atom stereocenters. The van der Waals surface area contributed by atoms with Crippen LogP contribution in [-0.2, 0) is 4.74 Å². The second-order valence-corrected chi connectivity index (χ2v) is 5.18. The molecule has 2 aromatic heterocycles. The summed E-state index contributed by atoms with van der Waals surface area (Å²) in [5, 5.41) is 7.69. The fourth-order valence-corrected chi connectivity index (χ4v) is 2.67. The highest BCUT2D eigenvalue weighted by atomic mass is 16.5. The number of nitrogens with zero attached hydrogens (tertiary/aromatic N) is 3. The molecule has 1 fully saturated rings. The smallest absolute Gasteiger partial charge is 0.361 e. The van der Waals surface area contributed by atoms with Crippen LogP contribution in [0.3, 0.4) is 0 Å². The molecule has 0 spiro atoms. The summed E-state index contributed by atoms with van der Waals surface area (Å²) in [5.41, 5.74) is 0.443. The number of nitrogens with one attached hydrogen (secondary N) is 1. The molecule has 1 aliphatic rings. The number of anilines is 1. The molecule has 1 aliphatic carbocycles. The molecule has 0 bridgehead atoms. The lowest BCUT2D eigenvalue weighted by Gasteiger charge is -2.13. The van der Waals surface area contributed by atoms with Gasteiger partial charge in [-0.15, -0.1) is 0 Å². The number of aryl methyl sites for hydroxylation is 1. The summed E-state index contributed by atoms with van der Waals surface area (Å²) in [6.45, 7) is 3.82. The Balaban J connectivity index is 2.03. The SMILES string of the molecule is CCOC(=O)c1noc2nc(C)nc(NC3CCCC3)c12. The van der Waals surface area contributed by atoms with E-state index in [1.54, 1.807) is 13.8 Å². The molecule has 0 aliphatic heterocycles. The van der Waals surface area contributed by atoms with Crippen LogP contribution in [0, 0.1) is 6.92 Å². The lowest BCUT2D eigenvalue weighted by Crippen LogP contribution is -2.17. The minimum Gasteiger partial charge on any atom is -0.461 e. The van der Waals surface area contributed by atoms with Gasteiger partial charge in [0.05, 0.1) is 6.61 Å². The van der Waals surface area contributed by atoms with Crippen molar-refractivity contribution in [3.8, 4) is 0 Å². The lowest BCUT2D eigenvalue weighted by atomic mass is 10.2. The zero-order valence-electron chi connectivity index (χ0n) is 12.2. The molecule has 0 saturated heterocycles. The average Bonchev–Trinajstić information content (AvgIpc) is 3.07.